The van der Waals surface area contributed by atoms with Gasteiger partial charge in [0.15, 0.2) is 0 Å². The Morgan fingerprint density at radius 2 is 1.95 bits per heavy atom. The number of nitriles is 1. The highest BCUT2D eigenvalue weighted by Gasteiger charge is 2.45. The number of carbonyl (C=O) groups is 1. The van der Waals surface area contributed by atoms with Crippen LogP contribution < -0.4 is 14.8 Å². The van der Waals surface area contributed by atoms with Crippen molar-refractivity contribution >= 4 is 27.7 Å². The highest BCUT2D eigenvalue weighted by Crippen LogP contribution is 2.37. The number of anilines is 2. The second kappa shape index (κ2) is 11.5. The minimum absolute atomic E-state index is 0.0612. The van der Waals surface area contributed by atoms with Crippen LogP contribution in [0.25, 0.3) is 11.3 Å². The number of carbonyl (C=O) groups excluding carboxylic acids is 1. The molecule has 13 nitrogen and oxygen atoms in total. The molecule has 2 N–H and O–H groups in total. The summed E-state index contributed by atoms with van der Waals surface area (Å²) in [5.41, 5.74) is 0.617. The standard InChI is InChI=1S/C26H29N9O4S/c1-2-39-23-17-28-16-20(31-23)18-3-6-22(30-15-18)33-24(36)26(8-12-35(13-9-26)14-10-27)21-7-11-29-25(32-21)34-40(37,38)19-4-5-19/h3,6-7,11,15-17,19H,2,4-5,8-9,12-14H2,1H3,(H,29,32,34)(H,30,33,36). The van der Waals surface area contributed by atoms with Gasteiger partial charge in [0, 0.05) is 31.0 Å². The number of piperidine rings is 1. The van der Waals surface area contributed by atoms with Crippen molar-refractivity contribution in [2.45, 2.75) is 43.3 Å². The fourth-order valence-corrected chi connectivity index (χ4v) is 5.89. The van der Waals surface area contributed by atoms with Gasteiger partial charge in [0.05, 0.1) is 53.7 Å². The van der Waals surface area contributed by atoms with Gasteiger partial charge < -0.3 is 10.1 Å². The molecular formula is C26H29N9O4S. The zero-order chi connectivity index (χ0) is 28.2. The van der Waals surface area contributed by atoms with E-state index in [0.29, 0.717) is 74.0 Å². The van der Waals surface area contributed by atoms with Crippen molar-refractivity contribution in [3.8, 4) is 23.2 Å². The number of likely N-dealkylation sites (tertiary alicyclic amines) is 1. The van der Waals surface area contributed by atoms with Crippen molar-refractivity contribution in [1.29, 1.82) is 5.26 Å². The molecule has 3 aromatic rings. The van der Waals surface area contributed by atoms with Crippen LogP contribution in [-0.2, 0) is 20.2 Å². The van der Waals surface area contributed by atoms with Gasteiger partial charge >= 0.3 is 0 Å². The van der Waals surface area contributed by atoms with Gasteiger partial charge in [-0.3, -0.25) is 19.4 Å². The maximum Gasteiger partial charge on any atom is 0.237 e. The molecular weight excluding hydrogens is 534 g/mol. The summed E-state index contributed by atoms with van der Waals surface area (Å²) in [6.07, 6.45) is 8.15. The number of hydrogen-bond acceptors (Lipinski definition) is 11. The van der Waals surface area contributed by atoms with Gasteiger partial charge in [-0.1, -0.05) is 0 Å². The molecule has 3 aromatic heterocycles. The van der Waals surface area contributed by atoms with Crippen LogP contribution in [0.15, 0.2) is 43.0 Å². The fourth-order valence-electron chi connectivity index (χ4n) is 4.62. The molecule has 2 aliphatic rings. The quantitative estimate of drug-likeness (QED) is 0.346. The summed E-state index contributed by atoms with van der Waals surface area (Å²) < 4.78 is 32.8. The van der Waals surface area contributed by atoms with E-state index in [-0.39, 0.29) is 18.4 Å². The van der Waals surface area contributed by atoms with Crippen LogP contribution >= 0.6 is 0 Å². The second-order valence-corrected chi connectivity index (χ2v) is 11.7. The molecule has 0 unspecified atom stereocenters. The number of nitrogens with zero attached hydrogens (tertiary/aromatic N) is 7. The Morgan fingerprint density at radius 1 is 1.15 bits per heavy atom. The molecule has 1 saturated carbocycles. The number of rotatable bonds is 10. The molecule has 1 amide bonds. The summed E-state index contributed by atoms with van der Waals surface area (Å²) in [4.78, 5) is 37.4. The zero-order valence-electron chi connectivity index (χ0n) is 21.9. The topological polar surface area (TPSA) is 176 Å². The average Bonchev–Trinajstić information content (AvgIpc) is 3.81. The van der Waals surface area contributed by atoms with Crippen LogP contribution in [0.1, 0.15) is 38.3 Å². The first-order chi connectivity index (χ1) is 19.3. The summed E-state index contributed by atoms with van der Waals surface area (Å²) in [7, 11) is -3.57. The lowest BCUT2D eigenvalue weighted by Crippen LogP contribution is -2.50. The first-order valence-corrected chi connectivity index (χ1v) is 14.5. The van der Waals surface area contributed by atoms with Crippen LogP contribution in [0.4, 0.5) is 11.8 Å². The summed E-state index contributed by atoms with van der Waals surface area (Å²) in [5.74, 6) is 0.363. The van der Waals surface area contributed by atoms with Gasteiger partial charge in [0.1, 0.15) is 5.82 Å². The number of amides is 1. The third kappa shape index (κ3) is 6.00. The van der Waals surface area contributed by atoms with E-state index in [2.05, 4.69) is 41.0 Å². The maximum atomic E-state index is 13.9. The molecule has 0 atom stereocenters. The summed E-state index contributed by atoms with van der Waals surface area (Å²) >= 11 is 0. The molecule has 40 heavy (non-hydrogen) atoms. The highest BCUT2D eigenvalue weighted by atomic mass is 32.2. The number of nitrogens with one attached hydrogen (secondary N) is 2. The van der Waals surface area contributed by atoms with Gasteiger partial charge in [0.25, 0.3) is 0 Å². The lowest BCUT2D eigenvalue weighted by atomic mass is 9.74. The van der Waals surface area contributed by atoms with Crippen molar-refractivity contribution in [2.24, 2.45) is 0 Å². The summed E-state index contributed by atoms with van der Waals surface area (Å²) in [6.45, 7) is 3.58. The molecule has 0 spiro atoms. The van der Waals surface area contributed by atoms with Crippen molar-refractivity contribution in [3.05, 3.63) is 48.7 Å². The molecule has 0 radical (unpaired) electrons. The third-order valence-corrected chi connectivity index (χ3v) is 8.80. The normalized spacial score (nSPS) is 17.0. The Morgan fingerprint density at radius 3 is 2.62 bits per heavy atom. The highest BCUT2D eigenvalue weighted by molar-refractivity contribution is 7.93. The molecule has 14 heteroatoms. The molecule has 1 saturated heterocycles. The fraction of sp³-hybridized carbons (Fsp3) is 0.423. The second-order valence-electron chi connectivity index (χ2n) is 9.69. The van der Waals surface area contributed by atoms with E-state index in [1.807, 2.05) is 11.8 Å². The van der Waals surface area contributed by atoms with Gasteiger partial charge in [-0.25, -0.2) is 28.4 Å². The van der Waals surface area contributed by atoms with Gasteiger partial charge in [-0.05, 0) is 50.8 Å². The van der Waals surface area contributed by atoms with Crippen molar-refractivity contribution in [3.63, 3.8) is 0 Å². The number of pyridine rings is 1. The molecule has 1 aliphatic heterocycles. The van der Waals surface area contributed by atoms with E-state index in [1.165, 1.54) is 12.4 Å². The van der Waals surface area contributed by atoms with Crippen LogP contribution in [0.5, 0.6) is 5.88 Å². The van der Waals surface area contributed by atoms with E-state index >= 15 is 0 Å². The van der Waals surface area contributed by atoms with Crippen LogP contribution in [0, 0.1) is 11.3 Å². The molecule has 1 aliphatic carbocycles. The monoisotopic (exact) mass is 563 g/mol. The predicted octanol–water partition coefficient (Wildman–Crippen LogP) is 2.13. The predicted molar refractivity (Wildman–Crippen MR) is 146 cm³/mol. The molecule has 2 fully saturated rings. The molecule has 0 bridgehead atoms. The molecule has 4 heterocycles. The Balaban J connectivity index is 1.38. The van der Waals surface area contributed by atoms with E-state index in [1.54, 1.807) is 30.6 Å². The van der Waals surface area contributed by atoms with Crippen molar-refractivity contribution in [1.82, 2.24) is 29.8 Å². The van der Waals surface area contributed by atoms with Gasteiger partial charge in [0.2, 0.25) is 27.8 Å². The SMILES string of the molecule is CCOc1cncc(-c2ccc(NC(=O)C3(c4ccnc(NS(=O)(=O)C5CC5)n4)CCN(CC#N)CC3)nc2)n1. The smallest absolute Gasteiger partial charge is 0.237 e. The van der Waals surface area contributed by atoms with E-state index in [4.69, 9.17) is 10.00 Å². The summed E-state index contributed by atoms with van der Waals surface area (Å²) in [5, 5.41) is 11.6. The summed E-state index contributed by atoms with van der Waals surface area (Å²) in [6, 6.07) is 7.24. The Bertz CT molecular complexity index is 1510. The number of sulfonamides is 1. The van der Waals surface area contributed by atoms with E-state index in [0.717, 1.165) is 0 Å². The largest absolute Gasteiger partial charge is 0.477 e. The van der Waals surface area contributed by atoms with Crippen molar-refractivity contribution < 1.29 is 17.9 Å². The van der Waals surface area contributed by atoms with E-state index in [9.17, 15) is 13.2 Å². The van der Waals surface area contributed by atoms with Crippen LogP contribution in [-0.4, -0.2) is 75.6 Å². The Kier molecular flexibility index (Phi) is 7.85. The zero-order valence-corrected chi connectivity index (χ0v) is 22.8. The van der Waals surface area contributed by atoms with Gasteiger partial charge in [-0.15, -0.1) is 0 Å². The minimum atomic E-state index is -3.57. The first-order valence-electron chi connectivity index (χ1n) is 13.0. The first kappa shape index (κ1) is 27.4. The maximum absolute atomic E-state index is 13.9. The Hall–Kier alpha value is -4.22. The number of hydrogen-bond donors (Lipinski definition) is 2. The van der Waals surface area contributed by atoms with E-state index < -0.39 is 20.7 Å². The lowest BCUT2D eigenvalue weighted by molar-refractivity contribution is -0.123. The van der Waals surface area contributed by atoms with Crippen LogP contribution in [0.2, 0.25) is 0 Å². The number of aromatic nitrogens is 5. The number of ether oxygens (including phenoxy) is 1. The lowest BCUT2D eigenvalue weighted by Gasteiger charge is -2.39. The third-order valence-electron chi connectivity index (χ3n) is 6.99. The van der Waals surface area contributed by atoms with Crippen LogP contribution in [0.3, 0.4) is 0 Å². The molecule has 208 valence electrons. The average molecular weight is 564 g/mol. The molecule has 5 rings (SSSR count). The Labute approximate surface area is 232 Å². The van der Waals surface area contributed by atoms with Crippen molar-refractivity contribution in [2.75, 3.05) is 36.3 Å². The van der Waals surface area contributed by atoms with Gasteiger partial charge in [-0.2, -0.15) is 5.26 Å². The minimum Gasteiger partial charge on any atom is -0.477 e. The molecule has 0 aromatic carbocycles.